The molecule has 1 saturated carbocycles. The van der Waals surface area contributed by atoms with Crippen LogP contribution in [0.5, 0.6) is 0 Å². The van der Waals surface area contributed by atoms with E-state index in [9.17, 15) is 15.5 Å². The van der Waals surface area contributed by atoms with Crippen molar-refractivity contribution in [1.82, 2.24) is 15.8 Å². The quantitative estimate of drug-likeness (QED) is 0.524. The Kier molecular flexibility index (Phi) is 5.23. The van der Waals surface area contributed by atoms with Gasteiger partial charge >= 0.3 is 0 Å². The first-order valence-electron chi connectivity index (χ1n) is 9.93. The van der Waals surface area contributed by atoms with E-state index in [1.165, 1.54) is 0 Å². The Morgan fingerprint density at radius 2 is 2.15 bits per heavy atom. The second kappa shape index (κ2) is 7.32. The maximum atomic E-state index is 11.0. The van der Waals surface area contributed by atoms with Crippen LogP contribution in [0.25, 0.3) is 0 Å². The van der Waals surface area contributed by atoms with Crippen LogP contribution >= 0.6 is 0 Å². The summed E-state index contributed by atoms with van der Waals surface area (Å²) in [4.78, 5) is 0. The summed E-state index contributed by atoms with van der Waals surface area (Å²) in [6.45, 7) is 2.90. The summed E-state index contributed by atoms with van der Waals surface area (Å²) in [5.41, 5.74) is 3.17. The van der Waals surface area contributed by atoms with E-state index >= 15 is 0 Å². The summed E-state index contributed by atoms with van der Waals surface area (Å²) in [5, 5.41) is 37.0. The predicted molar refractivity (Wildman–Crippen MR) is 91.8 cm³/mol. The van der Waals surface area contributed by atoms with E-state index in [1.807, 2.05) is 6.92 Å². The number of piperidine rings is 1. The van der Waals surface area contributed by atoms with Gasteiger partial charge in [0.05, 0.1) is 29.9 Å². The van der Waals surface area contributed by atoms with Crippen molar-refractivity contribution in [3.8, 4) is 6.07 Å². The van der Waals surface area contributed by atoms with Crippen molar-refractivity contribution in [2.45, 2.75) is 75.9 Å². The van der Waals surface area contributed by atoms with Crippen LogP contribution < -0.4 is 10.7 Å². The Bertz CT molecular complexity index is 544. The van der Waals surface area contributed by atoms with Gasteiger partial charge in [0.1, 0.15) is 6.23 Å². The fourth-order valence-electron chi connectivity index (χ4n) is 5.44. The van der Waals surface area contributed by atoms with Gasteiger partial charge in [0.25, 0.3) is 0 Å². The van der Waals surface area contributed by atoms with Crippen LogP contribution in [0.4, 0.5) is 0 Å². The molecule has 4 N–H and O–H groups in total. The zero-order valence-electron chi connectivity index (χ0n) is 15.3. The zero-order valence-corrected chi connectivity index (χ0v) is 15.3. The number of fused-ring (bicyclic) bond motifs is 1. The lowest BCUT2D eigenvalue weighted by molar-refractivity contribution is -0.229. The van der Waals surface area contributed by atoms with E-state index in [-0.39, 0.29) is 29.8 Å². The summed E-state index contributed by atoms with van der Waals surface area (Å²) in [7, 11) is 0. The summed E-state index contributed by atoms with van der Waals surface area (Å²) < 4.78 is 11.5. The SMILES string of the molecule is CCOC(O)C1C(C2CCCO2)C(C#N)C(O)N2NC3(CCCC3)NC12. The molecule has 0 aromatic heterocycles. The molecule has 8 nitrogen and oxygen atoms in total. The first kappa shape index (κ1) is 18.6. The second-order valence-electron chi connectivity index (χ2n) is 8.02. The molecule has 3 heterocycles. The summed E-state index contributed by atoms with van der Waals surface area (Å²) in [6.07, 6.45) is 3.54. The van der Waals surface area contributed by atoms with Crippen molar-refractivity contribution in [3.63, 3.8) is 0 Å². The van der Waals surface area contributed by atoms with Crippen LogP contribution in [-0.4, -0.2) is 58.9 Å². The van der Waals surface area contributed by atoms with Crippen molar-refractivity contribution < 1.29 is 19.7 Å². The minimum absolute atomic E-state index is 0.140. The predicted octanol–water partition coefficient (Wildman–Crippen LogP) is 0.231. The molecule has 4 aliphatic rings. The highest BCUT2D eigenvalue weighted by molar-refractivity contribution is 5.10. The Morgan fingerprint density at radius 3 is 2.77 bits per heavy atom. The molecule has 0 amide bonds. The van der Waals surface area contributed by atoms with E-state index in [0.29, 0.717) is 13.2 Å². The monoisotopic (exact) mass is 366 g/mol. The third-order valence-electron chi connectivity index (χ3n) is 6.56. The largest absolute Gasteiger partial charge is 0.378 e. The lowest BCUT2D eigenvalue weighted by Crippen LogP contribution is -2.65. The highest BCUT2D eigenvalue weighted by Crippen LogP contribution is 2.46. The lowest BCUT2D eigenvalue weighted by atomic mass is 9.71. The van der Waals surface area contributed by atoms with Crippen molar-refractivity contribution in [1.29, 1.82) is 5.26 Å². The van der Waals surface area contributed by atoms with Gasteiger partial charge in [-0.1, -0.05) is 12.8 Å². The highest BCUT2D eigenvalue weighted by Gasteiger charge is 2.60. The highest BCUT2D eigenvalue weighted by atomic mass is 16.6. The van der Waals surface area contributed by atoms with Gasteiger partial charge in [-0.3, -0.25) is 5.32 Å². The molecule has 8 heteroatoms. The molecule has 3 saturated heterocycles. The molecule has 1 spiro atoms. The van der Waals surface area contributed by atoms with Crippen LogP contribution in [-0.2, 0) is 9.47 Å². The molecule has 0 radical (unpaired) electrons. The zero-order chi connectivity index (χ0) is 18.3. The Hall–Kier alpha value is -0.790. The van der Waals surface area contributed by atoms with Gasteiger partial charge in [0.15, 0.2) is 6.29 Å². The van der Waals surface area contributed by atoms with Crippen molar-refractivity contribution in [3.05, 3.63) is 0 Å². The molecule has 7 atom stereocenters. The minimum Gasteiger partial charge on any atom is -0.378 e. The number of ether oxygens (including phenoxy) is 2. The standard InChI is InChI=1S/C18H30N4O4/c1-2-25-17(24)14-13(12-6-5-9-26-12)11(10-19)16(23)22-15(14)20-18(21-22)7-3-4-8-18/h11-17,20-21,23-24H,2-9H2,1H3. The molecule has 26 heavy (non-hydrogen) atoms. The summed E-state index contributed by atoms with van der Waals surface area (Å²) in [5.74, 6) is -1.30. The van der Waals surface area contributed by atoms with Crippen LogP contribution in [0.15, 0.2) is 0 Å². The number of nitrogens with one attached hydrogen (secondary N) is 2. The van der Waals surface area contributed by atoms with Crippen molar-refractivity contribution in [2.24, 2.45) is 17.8 Å². The molecular weight excluding hydrogens is 336 g/mol. The fraction of sp³-hybridized carbons (Fsp3) is 0.944. The van der Waals surface area contributed by atoms with Gasteiger partial charge < -0.3 is 19.7 Å². The second-order valence-corrected chi connectivity index (χ2v) is 8.02. The fourth-order valence-corrected chi connectivity index (χ4v) is 5.44. The molecule has 0 bridgehead atoms. The maximum absolute atomic E-state index is 11.0. The van der Waals surface area contributed by atoms with Crippen LogP contribution in [0, 0.1) is 29.1 Å². The van der Waals surface area contributed by atoms with Crippen LogP contribution in [0.3, 0.4) is 0 Å². The third-order valence-corrected chi connectivity index (χ3v) is 6.56. The number of nitrogens with zero attached hydrogens (tertiary/aromatic N) is 2. The Morgan fingerprint density at radius 1 is 1.38 bits per heavy atom. The van der Waals surface area contributed by atoms with E-state index < -0.39 is 18.4 Å². The molecule has 0 aromatic carbocycles. The van der Waals surface area contributed by atoms with E-state index in [2.05, 4.69) is 16.8 Å². The Labute approximate surface area is 154 Å². The molecule has 7 unspecified atom stereocenters. The number of rotatable bonds is 4. The first-order valence-corrected chi connectivity index (χ1v) is 9.93. The molecule has 146 valence electrons. The van der Waals surface area contributed by atoms with Crippen molar-refractivity contribution in [2.75, 3.05) is 13.2 Å². The van der Waals surface area contributed by atoms with Gasteiger partial charge in [-0.05, 0) is 32.6 Å². The van der Waals surface area contributed by atoms with Crippen LogP contribution in [0.1, 0.15) is 45.4 Å². The number of hydrazine groups is 1. The summed E-state index contributed by atoms with van der Waals surface area (Å²) >= 11 is 0. The van der Waals surface area contributed by atoms with E-state index in [1.54, 1.807) is 5.01 Å². The number of hydrogen-bond acceptors (Lipinski definition) is 8. The average molecular weight is 366 g/mol. The van der Waals surface area contributed by atoms with E-state index in [0.717, 1.165) is 38.5 Å². The van der Waals surface area contributed by atoms with Gasteiger partial charge in [-0.25, -0.2) is 5.43 Å². The normalized spacial score (nSPS) is 43.5. The smallest absolute Gasteiger partial charge is 0.160 e. The molecule has 4 fully saturated rings. The molecule has 0 aromatic rings. The van der Waals surface area contributed by atoms with Gasteiger partial charge in [0.2, 0.25) is 0 Å². The van der Waals surface area contributed by atoms with Gasteiger partial charge in [-0.15, -0.1) is 0 Å². The molecule has 4 rings (SSSR count). The van der Waals surface area contributed by atoms with Crippen molar-refractivity contribution >= 4 is 0 Å². The number of nitriles is 1. The maximum Gasteiger partial charge on any atom is 0.160 e. The first-order chi connectivity index (χ1) is 12.6. The number of aliphatic hydroxyl groups excluding tert-OH is 2. The van der Waals surface area contributed by atoms with Gasteiger partial charge in [-0.2, -0.15) is 10.3 Å². The lowest BCUT2D eigenvalue weighted by Gasteiger charge is -2.49. The average Bonchev–Trinajstić information content (AvgIpc) is 3.36. The molecular formula is C18H30N4O4. The minimum atomic E-state index is -1.02. The van der Waals surface area contributed by atoms with Crippen LogP contribution in [0.2, 0.25) is 0 Å². The third kappa shape index (κ3) is 2.96. The molecule has 3 aliphatic heterocycles. The van der Waals surface area contributed by atoms with E-state index in [4.69, 9.17) is 9.47 Å². The molecule has 1 aliphatic carbocycles. The topological polar surface area (TPSA) is 110 Å². The number of aliphatic hydroxyl groups is 2. The Balaban J connectivity index is 1.69. The number of hydrogen-bond donors (Lipinski definition) is 4. The van der Waals surface area contributed by atoms with Gasteiger partial charge in [0, 0.05) is 25.0 Å². The summed E-state index contributed by atoms with van der Waals surface area (Å²) in [6, 6.07) is 2.29.